The van der Waals surface area contributed by atoms with Crippen LogP contribution in [0.15, 0.2) is 41.1 Å². The third-order valence-corrected chi connectivity index (χ3v) is 3.94. The molecule has 1 unspecified atom stereocenters. The van der Waals surface area contributed by atoms with Gasteiger partial charge >= 0.3 is 6.61 Å². The molecule has 0 aliphatic carbocycles. The highest BCUT2D eigenvalue weighted by Gasteiger charge is 2.11. The third-order valence-electron chi connectivity index (χ3n) is 3.20. The number of rotatable bonds is 8. The standard InChI is InChI=1S/C16H17F2NO3S/c17-16(18)22-13-4-2-12(3-5-13)14(20)9-19-15(21)6-1-11-7-8-23-10-11/h2-5,7-8,10,14,16,20H,1,6,9H2,(H,19,21). The largest absolute Gasteiger partial charge is 0.435 e. The van der Waals surface area contributed by atoms with Crippen molar-refractivity contribution in [2.24, 2.45) is 0 Å². The summed E-state index contributed by atoms with van der Waals surface area (Å²) in [4.78, 5) is 11.7. The Labute approximate surface area is 136 Å². The number of benzene rings is 1. The number of halogens is 2. The minimum atomic E-state index is -2.88. The first kappa shape index (κ1) is 17.4. The lowest BCUT2D eigenvalue weighted by molar-refractivity contribution is -0.121. The molecule has 7 heteroatoms. The Kier molecular flexibility index (Phi) is 6.49. The fraction of sp³-hybridized carbons (Fsp3) is 0.312. The number of hydrogen-bond donors (Lipinski definition) is 2. The zero-order valence-electron chi connectivity index (χ0n) is 12.2. The molecular formula is C16H17F2NO3S. The Balaban J connectivity index is 1.75. The summed E-state index contributed by atoms with van der Waals surface area (Å²) in [5, 5.41) is 16.6. The van der Waals surface area contributed by atoms with E-state index < -0.39 is 12.7 Å². The van der Waals surface area contributed by atoms with Crippen molar-refractivity contribution < 1.29 is 23.4 Å². The van der Waals surface area contributed by atoms with E-state index in [-0.39, 0.29) is 18.2 Å². The van der Waals surface area contributed by atoms with Gasteiger partial charge in [0.25, 0.3) is 0 Å². The molecule has 0 aliphatic rings. The van der Waals surface area contributed by atoms with Gasteiger partial charge in [-0.15, -0.1) is 0 Å². The Morgan fingerprint density at radius 3 is 2.61 bits per heavy atom. The first-order valence-electron chi connectivity index (χ1n) is 7.05. The smallest absolute Gasteiger partial charge is 0.387 e. The number of carbonyl (C=O) groups excluding carboxylic acids is 1. The monoisotopic (exact) mass is 341 g/mol. The molecule has 1 atom stereocenters. The van der Waals surface area contributed by atoms with Crippen LogP contribution >= 0.6 is 11.3 Å². The first-order valence-corrected chi connectivity index (χ1v) is 7.99. The number of nitrogens with one attached hydrogen (secondary N) is 1. The molecule has 4 nitrogen and oxygen atoms in total. The highest BCUT2D eigenvalue weighted by atomic mass is 32.1. The number of aliphatic hydroxyl groups excluding tert-OH is 1. The summed E-state index contributed by atoms with van der Waals surface area (Å²) in [5.74, 6) is -0.122. The second-order valence-corrected chi connectivity index (χ2v) is 5.68. The molecule has 0 spiro atoms. The molecule has 2 N–H and O–H groups in total. The van der Waals surface area contributed by atoms with E-state index in [1.54, 1.807) is 11.3 Å². The average molecular weight is 341 g/mol. The summed E-state index contributed by atoms with van der Waals surface area (Å²) in [6.07, 6.45) is 0.108. The molecule has 2 rings (SSSR count). The van der Waals surface area contributed by atoms with Gasteiger partial charge in [-0.05, 0) is 46.5 Å². The molecule has 124 valence electrons. The molecule has 2 aromatic rings. The van der Waals surface area contributed by atoms with Gasteiger partial charge in [-0.3, -0.25) is 4.79 Å². The Morgan fingerprint density at radius 2 is 2.00 bits per heavy atom. The number of amides is 1. The molecule has 0 aliphatic heterocycles. The van der Waals surface area contributed by atoms with E-state index in [1.807, 2.05) is 16.8 Å². The summed E-state index contributed by atoms with van der Waals surface area (Å²) in [5.41, 5.74) is 1.63. The molecule has 1 aromatic heterocycles. The number of aliphatic hydroxyl groups is 1. The minimum Gasteiger partial charge on any atom is -0.435 e. The van der Waals surface area contributed by atoms with E-state index in [0.717, 1.165) is 5.56 Å². The molecule has 0 saturated heterocycles. The molecule has 1 aromatic carbocycles. The number of thiophene rings is 1. The minimum absolute atomic E-state index is 0.0238. The zero-order chi connectivity index (χ0) is 16.7. The number of aryl methyl sites for hydroxylation is 1. The maximum absolute atomic E-state index is 12.0. The molecule has 1 amide bonds. The molecule has 23 heavy (non-hydrogen) atoms. The van der Waals surface area contributed by atoms with Crippen molar-refractivity contribution in [1.29, 1.82) is 0 Å². The predicted octanol–water partition coefficient (Wildman–Crippen LogP) is 3.13. The second-order valence-electron chi connectivity index (χ2n) is 4.90. The van der Waals surface area contributed by atoms with E-state index >= 15 is 0 Å². The van der Waals surface area contributed by atoms with Crippen molar-refractivity contribution in [2.75, 3.05) is 6.54 Å². The van der Waals surface area contributed by atoms with Crippen LogP contribution in [0.2, 0.25) is 0 Å². The summed E-state index contributed by atoms with van der Waals surface area (Å²) < 4.78 is 28.3. The number of ether oxygens (including phenoxy) is 1. The quantitative estimate of drug-likeness (QED) is 0.775. The molecular weight excluding hydrogens is 324 g/mol. The van der Waals surface area contributed by atoms with Crippen molar-refractivity contribution in [1.82, 2.24) is 5.32 Å². The van der Waals surface area contributed by atoms with Crippen LogP contribution in [0, 0.1) is 0 Å². The highest BCUT2D eigenvalue weighted by Crippen LogP contribution is 2.19. The van der Waals surface area contributed by atoms with Crippen molar-refractivity contribution in [2.45, 2.75) is 25.6 Å². The third kappa shape index (κ3) is 5.96. The van der Waals surface area contributed by atoms with Gasteiger partial charge in [0, 0.05) is 13.0 Å². The fourth-order valence-corrected chi connectivity index (χ4v) is 2.68. The summed E-state index contributed by atoms with van der Waals surface area (Å²) >= 11 is 1.58. The lowest BCUT2D eigenvalue weighted by Crippen LogP contribution is -2.28. The summed E-state index contributed by atoms with van der Waals surface area (Å²) in [6, 6.07) is 7.64. The Morgan fingerprint density at radius 1 is 1.26 bits per heavy atom. The van der Waals surface area contributed by atoms with Crippen molar-refractivity contribution >= 4 is 17.2 Å². The number of hydrogen-bond acceptors (Lipinski definition) is 4. The lowest BCUT2D eigenvalue weighted by atomic mass is 10.1. The number of carbonyl (C=O) groups is 1. The van der Waals surface area contributed by atoms with Crippen LogP contribution in [0.5, 0.6) is 5.75 Å². The normalized spacial score (nSPS) is 12.2. The SMILES string of the molecule is O=C(CCc1ccsc1)NCC(O)c1ccc(OC(F)F)cc1. The van der Waals surface area contributed by atoms with E-state index in [0.29, 0.717) is 18.4 Å². The Hall–Kier alpha value is -1.99. The van der Waals surface area contributed by atoms with E-state index in [2.05, 4.69) is 10.1 Å². The molecule has 0 saturated carbocycles. The van der Waals surface area contributed by atoms with Gasteiger partial charge in [-0.1, -0.05) is 12.1 Å². The first-order chi connectivity index (χ1) is 11.0. The second kappa shape index (κ2) is 8.59. The van der Waals surface area contributed by atoms with Crippen LogP contribution < -0.4 is 10.1 Å². The van der Waals surface area contributed by atoms with E-state index in [4.69, 9.17) is 0 Å². The Bertz CT molecular complexity index is 602. The topological polar surface area (TPSA) is 58.6 Å². The van der Waals surface area contributed by atoms with Gasteiger partial charge in [-0.25, -0.2) is 0 Å². The van der Waals surface area contributed by atoms with Gasteiger partial charge < -0.3 is 15.2 Å². The van der Waals surface area contributed by atoms with Gasteiger partial charge in [0.1, 0.15) is 5.75 Å². The summed E-state index contributed by atoms with van der Waals surface area (Å²) in [7, 11) is 0. The molecule has 0 fully saturated rings. The number of alkyl halides is 2. The van der Waals surface area contributed by atoms with Crippen LogP contribution in [0.25, 0.3) is 0 Å². The van der Waals surface area contributed by atoms with E-state index in [1.165, 1.54) is 24.3 Å². The maximum Gasteiger partial charge on any atom is 0.387 e. The van der Waals surface area contributed by atoms with Gasteiger partial charge in [0.15, 0.2) is 0 Å². The van der Waals surface area contributed by atoms with Gasteiger partial charge in [0.05, 0.1) is 6.10 Å². The molecule has 0 bridgehead atoms. The molecule has 0 radical (unpaired) electrons. The average Bonchev–Trinajstić information content (AvgIpc) is 3.04. The maximum atomic E-state index is 12.0. The van der Waals surface area contributed by atoms with Crippen LogP contribution in [-0.4, -0.2) is 24.2 Å². The van der Waals surface area contributed by atoms with Crippen molar-refractivity contribution in [3.63, 3.8) is 0 Å². The van der Waals surface area contributed by atoms with Crippen molar-refractivity contribution in [3.05, 3.63) is 52.2 Å². The van der Waals surface area contributed by atoms with Crippen LogP contribution in [0.1, 0.15) is 23.7 Å². The zero-order valence-corrected chi connectivity index (χ0v) is 13.1. The van der Waals surface area contributed by atoms with Crippen LogP contribution in [0.3, 0.4) is 0 Å². The predicted molar refractivity (Wildman–Crippen MR) is 83.7 cm³/mol. The molecule has 1 heterocycles. The van der Waals surface area contributed by atoms with Crippen LogP contribution in [0.4, 0.5) is 8.78 Å². The highest BCUT2D eigenvalue weighted by molar-refractivity contribution is 7.07. The van der Waals surface area contributed by atoms with E-state index in [9.17, 15) is 18.7 Å². The lowest BCUT2D eigenvalue weighted by Gasteiger charge is -2.13. The fourth-order valence-electron chi connectivity index (χ4n) is 1.98. The van der Waals surface area contributed by atoms with Gasteiger partial charge in [0.2, 0.25) is 5.91 Å². The van der Waals surface area contributed by atoms with Gasteiger partial charge in [-0.2, -0.15) is 20.1 Å². The van der Waals surface area contributed by atoms with Crippen molar-refractivity contribution in [3.8, 4) is 5.75 Å². The van der Waals surface area contributed by atoms with Crippen LogP contribution in [-0.2, 0) is 11.2 Å². The summed E-state index contributed by atoms with van der Waals surface area (Å²) in [6.45, 7) is -2.81.